The highest BCUT2D eigenvalue weighted by atomic mass is 79.9. The van der Waals surface area contributed by atoms with E-state index in [4.69, 9.17) is 0 Å². The van der Waals surface area contributed by atoms with Crippen molar-refractivity contribution >= 4 is 48.7 Å². The highest BCUT2D eigenvalue weighted by Gasteiger charge is 2.33. The number of fused-ring (bicyclic) bond motifs is 1. The molecule has 1 amide bonds. The summed E-state index contributed by atoms with van der Waals surface area (Å²) in [5.41, 5.74) is 1.40. The number of aromatic nitrogens is 2. The van der Waals surface area contributed by atoms with E-state index in [1.807, 2.05) is 0 Å². The summed E-state index contributed by atoms with van der Waals surface area (Å²) in [7, 11) is -4.57. The Morgan fingerprint density at radius 1 is 1.48 bits per heavy atom. The second-order valence-corrected chi connectivity index (χ2v) is 7.22. The van der Waals surface area contributed by atoms with Crippen LogP contribution in [0.1, 0.15) is 6.42 Å². The van der Waals surface area contributed by atoms with Gasteiger partial charge in [-0.3, -0.25) is 9.89 Å². The van der Waals surface area contributed by atoms with Gasteiger partial charge in [-0.05, 0) is 34.1 Å². The highest BCUT2D eigenvalue weighted by molar-refractivity contribution is 9.10. The molecule has 1 aliphatic heterocycles. The molecule has 9 heteroatoms. The summed E-state index contributed by atoms with van der Waals surface area (Å²) in [4.78, 5) is 13.5. The standard InChI is InChI=1S/C12H11BrFN3O3S/c13-12-9-4-8(1-2-10(9)15-16-12)17-5-7(3-11(17)18)6-21(14,19)20/h1-2,4,7H,3,5-6H2,(H,15,16). The monoisotopic (exact) mass is 375 g/mol. The van der Waals surface area contributed by atoms with Gasteiger partial charge in [-0.1, -0.05) is 0 Å². The Morgan fingerprint density at radius 2 is 2.24 bits per heavy atom. The second kappa shape index (κ2) is 5.06. The summed E-state index contributed by atoms with van der Waals surface area (Å²) < 4.78 is 34.9. The van der Waals surface area contributed by atoms with Crippen molar-refractivity contribution < 1.29 is 17.1 Å². The summed E-state index contributed by atoms with van der Waals surface area (Å²) in [5, 5.41) is 7.67. The molecule has 1 saturated heterocycles. The molecule has 112 valence electrons. The maximum atomic E-state index is 12.7. The van der Waals surface area contributed by atoms with Crippen LogP contribution in [0, 0.1) is 5.92 Å². The first-order valence-electron chi connectivity index (χ1n) is 6.20. The largest absolute Gasteiger partial charge is 0.312 e. The Balaban J connectivity index is 1.88. The van der Waals surface area contributed by atoms with Crippen molar-refractivity contribution in [2.24, 2.45) is 5.92 Å². The Bertz CT molecular complexity index is 820. The Kier molecular flexibility index (Phi) is 3.48. The summed E-state index contributed by atoms with van der Waals surface area (Å²) in [6.07, 6.45) is 0.0355. The number of hydrogen-bond acceptors (Lipinski definition) is 4. The first-order chi connectivity index (χ1) is 9.83. The van der Waals surface area contributed by atoms with Gasteiger partial charge in [0.25, 0.3) is 0 Å². The molecule has 1 fully saturated rings. The van der Waals surface area contributed by atoms with Crippen LogP contribution in [0.3, 0.4) is 0 Å². The number of amides is 1. The van der Waals surface area contributed by atoms with Gasteiger partial charge in [0.1, 0.15) is 4.60 Å². The average molecular weight is 376 g/mol. The van der Waals surface area contributed by atoms with E-state index in [-0.39, 0.29) is 18.9 Å². The fraction of sp³-hybridized carbons (Fsp3) is 0.333. The van der Waals surface area contributed by atoms with Crippen LogP contribution in [0.2, 0.25) is 0 Å². The fourth-order valence-electron chi connectivity index (χ4n) is 2.56. The van der Waals surface area contributed by atoms with Crippen molar-refractivity contribution in [1.29, 1.82) is 0 Å². The molecule has 2 aromatic rings. The first-order valence-corrected chi connectivity index (χ1v) is 8.54. The third kappa shape index (κ3) is 2.93. The van der Waals surface area contributed by atoms with E-state index < -0.39 is 21.9 Å². The van der Waals surface area contributed by atoms with E-state index in [1.54, 1.807) is 18.2 Å². The number of carbonyl (C=O) groups is 1. The number of nitrogens with one attached hydrogen (secondary N) is 1. The van der Waals surface area contributed by atoms with E-state index >= 15 is 0 Å². The minimum Gasteiger partial charge on any atom is -0.312 e. The number of benzene rings is 1. The smallest absolute Gasteiger partial charge is 0.302 e. The molecule has 1 aromatic heterocycles. The third-order valence-corrected chi connectivity index (χ3v) is 4.92. The molecule has 0 aliphatic carbocycles. The van der Waals surface area contributed by atoms with E-state index in [9.17, 15) is 17.1 Å². The summed E-state index contributed by atoms with van der Waals surface area (Å²) >= 11 is 3.33. The average Bonchev–Trinajstić information content (AvgIpc) is 2.91. The molecule has 1 aromatic carbocycles. The SMILES string of the molecule is O=C1CC(CS(=O)(=O)F)CN1c1ccc2n[nH]c(Br)c2c1. The maximum Gasteiger partial charge on any atom is 0.302 e. The zero-order valence-corrected chi connectivity index (χ0v) is 13.1. The van der Waals surface area contributed by atoms with Crippen molar-refractivity contribution in [2.45, 2.75) is 6.42 Å². The van der Waals surface area contributed by atoms with E-state index in [0.717, 1.165) is 10.9 Å². The van der Waals surface area contributed by atoms with Crippen molar-refractivity contribution in [2.75, 3.05) is 17.2 Å². The normalized spacial score (nSPS) is 19.6. The number of halogens is 2. The fourth-order valence-corrected chi connectivity index (χ4v) is 3.75. The van der Waals surface area contributed by atoms with Crippen molar-refractivity contribution in [3.05, 3.63) is 22.8 Å². The van der Waals surface area contributed by atoms with Crippen LogP contribution in [0.25, 0.3) is 10.9 Å². The minimum absolute atomic E-state index is 0.0355. The molecule has 2 heterocycles. The molecule has 21 heavy (non-hydrogen) atoms. The zero-order valence-electron chi connectivity index (χ0n) is 10.7. The summed E-state index contributed by atoms with van der Waals surface area (Å²) in [6, 6.07) is 5.28. The lowest BCUT2D eigenvalue weighted by atomic mass is 10.1. The first kappa shape index (κ1) is 14.5. The number of H-pyrrole nitrogens is 1. The molecule has 0 spiro atoms. The van der Waals surface area contributed by atoms with Crippen LogP contribution in [0.4, 0.5) is 9.57 Å². The lowest BCUT2D eigenvalue weighted by molar-refractivity contribution is -0.117. The lowest BCUT2D eigenvalue weighted by Gasteiger charge is -2.16. The number of anilines is 1. The predicted molar refractivity (Wildman–Crippen MR) is 79.1 cm³/mol. The Labute approximate surface area is 128 Å². The van der Waals surface area contributed by atoms with Gasteiger partial charge in [0.2, 0.25) is 5.91 Å². The number of aromatic amines is 1. The molecule has 0 bridgehead atoms. The zero-order chi connectivity index (χ0) is 15.2. The van der Waals surface area contributed by atoms with Crippen LogP contribution in [-0.2, 0) is 15.0 Å². The van der Waals surface area contributed by atoms with Gasteiger partial charge in [-0.15, -0.1) is 3.89 Å². The molecular weight excluding hydrogens is 365 g/mol. The van der Waals surface area contributed by atoms with E-state index in [2.05, 4.69) is 26.1 Å². The maximum absolute atomic E-state index is 12.7. The van der Waals surface area contributed by atoms with Crippen LogP contribution in [-0.4, -0.2) is 36.8 Å². The molecule has 1 unspecified atom stereocenters. The van der Waals surface area contributed by atoms with Gasteiger partial charge in [-0.25, -0.2) is 0 Å². The molecule has 0 radical (unpaired) electrons. The molecule has 0 saturated carbocycles. The Morgan fingerprint density at radius 3 is 2.95 bits per heavy atom. The molecule has 3 rings (SSSR count). The van der Waals surface area contributed by atoms with Crippen molar-refractivity contribution in [1.82, 2.24) is 10.2 Å². The lowest BCUT2D eigenvalue weighted by Crippen LogP contribution is -2.25. The van der Waals surface area contributed by atoms with E-state index in [0.29, 0.717) is 10.3 Å². The minimum atomic E-state index is -4.57. The van der Waals surface area contributed by atoms with Gasteiger partial charge in [-0.2, -0.15) is 13.5 Å². The quantitative estimate of drug-likeness (QED) is 0.831. The molecule has 1 aliphatic rings. The number of carbonyl (C=O) groups excluding carboxylic acids is 1. The van der Waals surface area contributed by atoms with Crippen LogP contribution < -0.4 is 4.90 Å². The number of hydrogen-bond donors (Lipinski definition) is 1. The molecule has 1 atom stereocenters. The third-order valence-electron chi connectivity index (χ3n) is 3.44. The Hall–Kier alpha value is -1.48. The summed E-state index contributed by atoms with van der Waals surface area (Å²) in [6.45, 7) is 0.197. The summed E-state index contributed by atoms with van der Waals surface area (Å²) in [5.74, 6) is -1.34. The van der Waals surface area contributed by atoms with Gasteiger partial charge in [0.05, 0.1) is 11.3 Å². The van der Waals surface area contributed by atoms with Gasteiger partial charge in [0.15, 0.2) is 0 Å². The molecule has 1 N–H and O–H groups in total. The van der Waals surface area contributed by atoms with Gasteiger partial charge < -0.3 is 4.90 Å². The molecular formula is C12H11BrFN3O3S. The number of rotatable bonds is 3. The second-order valence-electron chi connectivity index (χ2n) is 5.02. The number of nitrogens with zero attached hydrogens (tertiary/aromatic N) is 2. The van der Waals surface area contributed by atoms with Gasteiger partial charge in [0, 0.05) is 30.0 Å². The van der Waals surface area contributed by atoms with Crippen molar-refractivity contribution in [3.8, 4) is 0 Å². The van der Waals surface area contributed by atoms with Gasteiger partial charge >= 0.3 is 10.2 Å². The topological polar surface area (TPSA) is 83.1 Å². The predicted octanol–water partition coefficient (Wildman–Crippen LogP) is 1.98. The molecule has 6 nitrogen and oxygen atoms in total. The van der Waals surface area contributed by atoms with Crippen molar-refractivity contribution in [3.63, 3.8) is 0 Å². The highest BCUT2D eigenvalue weighted by Crippen LogP contribution is 2.30. The van der Waals surface area contributed by atoms with Crippen LogP contribution >= 0.6 is 15.9 Å². The van der Waals surface area contributed by atoms with Crippen LogP contribution in [0.15, 0.2) is 22.8 Å². The van der Waals surface area contributed by atoms with Crippen LogP contribution in [0.5, 0.6) is 0 Å². The van der Waals surface area contributed by atoms with E-state index in [1.165, 1.54) is 4.90 Å².